The third kappa shape index (κ3) is 4.04. The molecule has 0 radical (unpaired) electrons. The van der Waals surface area contributed by atoms with E-state index < -0.39 is 10.0 Å². The maximum atomic E-state index is 13.1. The molecule has 1 saturated heterocycles. The van der Waals surface area contributed by atoms with Crippen LogP contribution in [0.5, 0.6) is 0 Å². The highest BCUT2D eigenvalue weighted by atomic mass is 32.2. The van der Waals surface area contributed by atoms with Gasteiger partial charge < -0.3 is 4.90 Å². The first-order valence-corrected chi connectivity index (χ1v) is 10.4. The Labute approximate surface area is 159 Å². The molecule has 3 rings (SSSR count). The SMILES string of the molecule is CC(c1ccc(F)cc1)N(C)C(=O)c1ccc(S(=O)(=O)N2CCCC2)cc1. The number of nitrogens with zero attached hydrogens (tertiary/aromatic N) is 2. The fourth-order valence-electron chi connectivity index (χ4n) is 3.19. The Morgan fingerprint density at radius 2 is 1.59 bits per heavy atom. The van der Waals surface area contributed by atoms with E-state index >= 15 is 0 Å². The van der Waals surface area contributed by atoms with Crippen molar-refractivity contribution in [2.45, 2.75) is 30.7 Å². The summed E-state index contributed by atoms with van der Waals surface area (Å²) in [5.41, 5.74) is 1.23. The first-order valence-electron chi connectivity index (χ1n) is 8.93. The second-order valence-corrected chi connectivity index (χ2v) is 8.72. The van der Waals surface area contributed by atoms with Crippen molar-refractivity contribution in [3.63, 3.8) is 0 Å². The van der Waals surface area contributed by atoms with Crippen LogP contribution < -0.4 is 0 Å². The fraction of sp³-hybridized carbons (Fsp3) is 0.350. The lowest BCUT2D eigenvalue weighted by Crippen LogP contribution is -2.30. The zero-order valence-electron chi connectivity index (χ0n) is 15.4. The summed E-state index contributed by atoms with van der Waals surface area (Å²) < 4.78 is 39.7. The summed E-state index contributed by atoms with van der Waals surface area (Å²) >= 11 is 0. The quantitative estimate of drug-likeness (QED) is 0.786. The van der Waals surface area contributed by atoms with Gasteiger partial charge in [0, 0.05) is 25.7 Å². The molecule has 1 aliphatic rings. The second kappa shape index (κ2) is 7.78. The van der Waals surface area contributed by atoms with E-state index in [0.717, 1.165) is 18.4 Å². The van der Waals surface area contributed by atoms with Crippen LogP contribution in [0, 0.1) is 5.82 Å². The number of halogens is 1. The first kappa shape index (κ1) is 19.5. The van der Waals surface area contributed by atoms with Gasteiger partial charge in [0.2, 0.25) is 10.0 Å². The number of carbonyl (C=O) groups is 1. The molecular formula is C20H23FN2O3S. The van der Waals surface area contributed by atoms with Crippen LogP contribution in [0.2, 0.25) is 0 Å². The average Bonchev–Trinajstić information content (AvgIpc) is 3.23. The molecule has 1 atom stereocenters. The van der Waals surface area contributed by atoms with Crippen molar-refractivity contribution in [2.75, 3.05) is 20.1 Å². The molecule has 1 fully saturated rings. The highest BCUT2D eigenvalue weighted by molar-refractivity contribution is 7.89. The van der Waals surface area contributed by atoms with Gasteiger partial charge in [0.25, 0.3) is 5.91 Å². The van der Waals surface area contributed by atoms with Crippen LogP contribution >= 0.6 is 0 Å². The van der Waals surface area contributed by atoms with Crippen LogP contribution in [0.4, 0.5) is 4.39 Å². The van der Waals surface area contributed by atoms with Gasteiger partial charge >= 0.3 is 0 Å². The molecule has 0 bridgehead atoms. The van der Waals surface area contributed by atoms with Crippen molar-refractivity contribution in [1.82, 2.24) is 9.21 Å². The summed E-state index contributed by atoms with van der Waals surface area (Å²) in [5, 5.41) is 0. The van der Waals surface area contributed by atoms with Gasteiger partial charge in [-0.3, -0.25) is 4.79 Å². The molecule has 7 heteroatoms. The lowest BCUT2D eigenvalue weighted by Gasteiger charge is -2.25. The Morgan fingerprint density at radius 1 is 1.04 bits per heavy atom. The van der Waals surface area contributed by atoms with Crippen LogP contribution in [0.3, 0.4) is 0 Å². The third-order valence-electron chi connectivity index (χ3n) is 5.06. The normalized spacial score (nSPS) is 16.3. The molecule has 144 valence electrons. The van der Waals surface area contributed by atoms with Crippen molar-refractivity contribution in [3.05, 3.63) is 65.5 Å². The van der Waals surface area contributed by atoms with Crippen LogP contribution in [0.25, 0.3) is 0 Å². The zero-order chi connectivity index (χ0) is 19.6. The summed E-state index contributed by atoms with van der Waals surface area (Å²) in [7, 11) is -1.82. The summed E-state index contributed by atoms with van der Waals surface area (Å²) in [6, 6.07) is 11.8. The van der Waals surface area contributed by atoms with Gasteiger partial charge in [-0.25, -0.2) is 12.8 Å². The molecule has 27 heavy (non-hydrogen) atoms. The Kier molecular flexibility index (Phi) is 5.62. The van der Waals surface area contributed by atoms with Gasteiger partial charge in [0.1, 0.15) is 5.82 Å². The Morgan fingerprint density at radius 3 is 2.15 bits per heavy atom. The van der Waals surface area contributed by atoms with Gasteiger partial charge in [-0.05, 0) is 61.7 Å². The highest BCUT2D eigenvalue weighted by Gasteiger charge is 2.27. The molecule has 0 spiro atoms. The average molecular weight is 390 g/mol. The molecule has 0 aliphatic carbocycles. The monoisotopic (exact) mass is 390 g/mol. The van der Waals surface area contributed by atoms with Crippen LogP contribution in [0.1, 0.15) is 41.7 Å². The summed E-state index contributed by atoms with van der Waals surface area (Å²) in [5.74, 6) is -0.549. The fourth-order valence-corrected chi connectivity index (χ4v) is 4.71. The third-order valence-corrected chi connectivity index (χ3v) is 6.97. The van der Waals surface area contributed by atoms with Crippen molar-refractivity contribution < 1.29 is 17.6 Å². The molecule has 1 unspecified atom stereocenters. The van der Waals surface area contributed by atoms with Crippen molar-refractivity contribution in [1.29, 1.82) is 0 Å². The number of benzene rings is 2. The topological polar surface area (TPSA) is 57.7 Å². The molecule has 0 N–H and O–H groups in total. The molecule has 2 aromatic rings. The van der Waals surface area contributed by atoms with Crippen molar-refractivity contribution >= 4 is 15.9 Å². The van der Waals surface area contributed by atoms with E-state index in [1.807, 2.05) is 6.92 Å². The van der Waals surface area contributed by atoms with Gasteiger partial charge in [0.05, 0.1) is 10.9 Å². The maximum Gasteiger partial charge on any atom is 0.254 e. The standard InChI is InChI=1S/C20H23FN2O3S/c1-15(16-5-9-18(21)10-6-16)22(2)20(24)17-7-11-19(12-8-17)27(25,26)23-13-3-4-14-23/h5-12,15H,3-4,13-14H2,1-2H3. The van der Waals surface area contributed by atoms with E-state index in [4.69, 9.17) is 0 Å². The first-order chi connectivity index (χ1) is 12.8. The van der Waals surface area contributed by atoms with E-state index in [-0.39, 0.29) is 22.7 Å². The number of hydrogen-bond acceptors (Lipinski definition) is 3. The van der Waals surface area contributed by atoms with Crippen LogP contribution in [-0.2, 0) is 10.0 Å². The smallest absolute Gasteiger partial charge is 0.254 e. The zero-order valence-corrected chi connectivity index (χ0v) is 16.2. The number of rotatable bonds is 5. The minimum Gasteiger partial charge on any atom is -0.335 e. The van der Waals surface area contributed by atoms with E-state index in [1.54, 1.807) is 36.2 Å². The Bertz CT molecular complexity index is 905. The molecule has 2 aromatic carbocycles. The molecule has 1 amide bonds. The summed E-state index contributed by atoms with van der Waals surface area (Å²) in [4.78, 5) is 14.5. The Hall–Kier alpha value is -2.25. The molecular weight excluding hydrogens is 367 g/mol. The maximum absolute atomic E-state index is 13.1. The number of carbonyl (C=O) groups excluding carboxylic acids is 1. The van der Waals surface area contributed by atoms with Crippen molar-refractivity contribution in [3.8, 4) is 0 Å². The van der Waals surface area contributed by atoms with Gasteiger partial charge in [-0.2, -0.15) is 4.31 Å². The van der Waals surface area contributed by atoms with E-state index in [9.17, 15) is 17.6 Å². The summed E-state index contributed by atoms with van der Waals surface area (Å²) in [6.07, 6.45) is 1.75. The minimum absolute atomic E-state index is 0.204. The van der Waals surface area contributed by atoms with E-state index in [2.05, 4.69) is 0 Å². The van der Waals surface area contributed by atoms with Crippen LogP contribution in [0.15, 0.2) is 53.4 Å². The van der Waals surface area contributed by atoms with Gasteiger partial charge in [0.15, 0.2) is 0 Å². The van der Waals surface area contributed by atoms with Gasteiger partial charge in [-0.15, -0.1) is 0 Å². The minimum atomic E-state index is -3.49. The predicted octanol–water partition coefficient (Wildman–Crippen LogP) is 3.44. The molecule has 5 nitrogen and oxygen atoms in total. The van der Waals surface area contributed by atoms with E-state index in [0.29, 0.717) is 18.7 Å². The second-order valence-electron chi connectivity index (χ2n) is 6.78. The lowest BCUT2D eigenvalue weighted by atomic mass is 10.1. The number of amides is 1. The predicted molar refractivity (Wildman–Crippen MR) is 101 cm³/mol. The molecule has 0 aromatic heterocycles. The van der Waals surface area contributed by atoms with E-state index in [1.165, 1.54) is 28.6 Å². The number of sulfonamides is 1. The largest absolute Gasteiger partial charge is 0.335 e. The molecule has 1 aliphatic heterocycles. The Balaban J connectivity index is 1.76. The molecule has 0 saturated carbocycles. The van der Waals surface area contributed by atoms with Crippen LogP contribution in [-0.4, -0.2) is 43.7 Å². The van der Waals surface area contributed by atoms with Crippen molar-refractivity contribution in [2.24, 2.45) is 0 Å². The highest BCUT2D eigenvalue weighted by Crippen LogP contribution is 2.24. The lowest BCUT2D eigenvalue weighted by molar-refractivity contribution is 0.0742. The van der Waals surface area contributed by atoms with Gasteiger partial charge in [-0.1, -0.05) is 12.1 Å². The molecule has 1 heterocycles. The number of hydrogen-bond donors (Lipinski definition) is 0. The summed E-state index contributed by atoms with van der Waals surface area (Å²) in [6.45, 7) is 2.94.